The van der Waals surface area contributed by atoms with E-state index in [1.165, 1.54) is 0 Å². The summed E-state index contributed by atoms with van der Waals surface area (Å²) in [4.78, 5) is 4.09. The van der Waals surface area contributed by atoms with Gasteiger partial charge in [-0.3, -0.25) is 4.98 Å². The maximum Gasteiger partial charge on any atom is 0.0977 e. The monoisotopic (exact) mass is 323 g/mol. The quantitative estimate of drug-likeness (QED) is 0.750. The van der Waals surface area contributed by atoms with Gasteiger partial charge in [0.05, 0.1) is 5.60 Å². The number of aromatic nitrogens is 1. The first kappa shape index (κ1) is 15.7. The first-order valence-corrected chi connectivity index (χ1v) is 7.90. The average molecular weight is 324 g/mol. The first-order valence-electron chi connectivity index (χ1n) is 7.52. The molecule has 0 unspecified atom stereocenters. The fourth-order valence-electron chi connectivity index (χ4n) is 3.00. The molecule has 2 nitrogen and oxygen atoms in total. The van der Waals surface area contributed by atoms with E-state index in [2.05, 4.69) is 4.98 Å². The van der Waals surface area contributed by atoms with E-state index < -0.39 is 5.60 Å². The maximum absolute atomic E-state index is 11.4. The van der Waals surface area contributed by atoms with Gasteiger partial charge in [-0.1, -0.05) is 54.1 Å². The van der Waals surface area contributed by atoms with Crippen molar-refractivity contribution in [1.82, 2.24) is 4.98 Å². The Labute approximate surface area is 141 Å². The van der Waals surface area contributed by atoms with Crippen LogP contribution in [-0.4, -0.2) is 10.1 Å². The van der Waals surface area contributed by atoms with Crippen molar-refractivity contribution >= 4 is 11.6 Å². The van der Waals surface area contributed by atoms with Crippen LogP contribution in [0.2, 0.25) is 5.02 Å². The van der Waals surface area contributed by atoms with Crippen LogP contribution in [0.1, 0.15) is 29.5 Å². The highest BCUT2D eigenvalue weighted by Gasteiger charge is 2.36. The second kappa shape index (κ2) is 6.53. The Balaban J connectivity index is 2.13. The Morgan fingerprint density at radius 2 is 1.43 bits per heavy atom. The number of hydrogen-bond donors (Lipinski definition) is 1. The Hall–Kier alpha value is -2.16. The third kappa shape index (κ3) is 3.29. The van der Waals surface area contributed by atoms with Crippen LogP contribution in [-0.2, 0) is 5.60 Å². The zero-order valence-electron chi connectivity index (χ0n) is 12.9. The van der Waals surface area contributed by atoms with E-state index in [1.54, 1.807) is 24.5 Å². The van der Waals surface area contributed by atoms with Gasteiger partial charge in [-0.15, -0.1) is 0 Å². The first-order chi connectivity index (χ1) is 11.1. The number of hydrogen-bond acceptors (Lipinski definition) is 2. The predicted molar refractivity (Wildman–Crippen MR) is 93.5 cm³/mol. The molecule has 0 radical (unpaired) electrons. The van der Waals surface area contributed by atoms with Crippen LogP contribution in [0.15, 0.2) is 79.1 Å². The molecule has 3 rings (SSSR count). The molecule has 0 amide bonds. The van der Waals surface area contributed by atoms with Crippen molar-refractivity contribution < 1.29 is 5.11 Å². The van der Waals surface area contributed by atoms with Crippen molar-refractivity contribution in [2.45, 2.75) is 18.4 Å². The molecule has 116 valence electrons. The second-order valence-electron chi connectivity index (χ2n) is 5.78. The van der Waals surface area contributed by atoms with E-state index in [0.717, 1.165) is 16.7 Å². The fourth-order valence-corrected chi connectivity index (χ4v) is 3.12. The summed E-state index contributed by atoms with van der Waals surface area (Å²) >= 11 is 5.99. The van der Waals surface area contributed by atoms with Crippen molar-refractivity contribution in [1.29, 1.82) is 0 Å². The largest absolute Gasteiger partial charge is 0.384 e. The molecule has 0 aliphatic heterocycles. The van der Waals surface area contributed by atoms with Gasteiger partial charge in [0.15, 0.2) is 0 Å². The van der Waals surface area contributed by atoms with Gasteiger partial charge in [0.2, 0.25) is 0 Å². The van der Waals surface area contributed by atoms with Crippen LogP contribution < -0.4 is 0 Å². The zero-order chi connectivity index (χ0) is 16.3. The number of pyridine rings is 1. The average Bonchev–Trinajstić information content (AvgIpc) is 2.57. The lowest BCUT2D eigenvalue weighted by molar-refractivity contribution is 0.0393. The topological polar surface area (TPSA) is 33.1 Å². The highest BCUT2D eigenvalue weighted by atomic mass is 35.5. The molecule has 3 heteroatoms. The number of benzene rings is 2. The smallest absolute Gasteiger partial charge is 0.0977 e. The van der Waals surface area contributed by atoms with Crippen molar-refractivity contribution in [2.24, 2.45) is 0 Å². The van der Waals surface area contributed by atoms with E-state index in [1.807, 2.05) is 61.5 Å². The molecule has 1 N–H and O–H groups in total. The summed E-state index contributed by atoms with van der Waals surface area (Å²) in [5.41, 5.74) is 1.82. The van der Waals surface area contributed by atoms with E-state index in [-0.39, 0.29) is 5.92 Å². The van der Waals surface area contributed by atoms with Crippen LogP contribution in [0.5, 0.6) is 0 Å². The molecule has 0 spiro atoms. The highest BCUT2D eigenvalue weighted by Crippen LogP contribution is 2.41. The Morgan fingerprint density at radius 3 is 2.04 bits per heavy atom. The van der Waals surface area contributed by atoms with E-state index >= 15 is 0 Å². The van der Waals surface area contributed by atoms with Gasteiger partial charge in [-0.05, 0) is 47.9 Å². The summed E-state index contributed by atoms with van der Waals surface area (Å²) in [6, 6.07) is 21.3. The highest BCUT2D eigenvalue weighted by molar-refractivity contribution is 6.30. The molecule has 0 fully saturated rings. The molecular formula is C20H18ClNO. The number of halogens is 1. The molecule has 0 aliphatic rings. The molecular weight excluding hydrogens is 306 g/mol. The number of nitrogens with zero attached hydrogens (tertiary/aromatic N) is 1. The summed E-state index contributed by atoms with van der Waals surface area (Å²) in [5, 5.41) is 12.0. The molecule has 23 heavy (non-hydrogen) atoms. The maximum atomic E-state index is 11.4. The second-order valence-corrected chi connectivity index (χ2v) is 6.22. The fraction of sp³-hybridized carbons (Fsp3) is 0.150. The van der Waals surface area contributed by atoms with Gasteiger partial charge in [0.1, 0.15) is 0 Å². The number of rotatable bonds is 4. The predicted octanol–water partition coefficient (Wildman–Crippen LogP) is 4.77. The minimum atomic E-state index is -1.08. The van der Waals surface area contributed by atoms with Gasteiger partial charge in [-0.25, -0.2) is 0 Å². The van der Waals surface area contributed by atoms with Crippen LogP contribution in [0, 0.1) is 0 Å². The van der Waals surface area contributed by atoms with Crippen molar-refractivity contribution in [3.8, 4) is 0 Å². The standard InChI is InChI=1S/C20H18ClNO/c1-20(23,17-7-9-18(21)10-8-17)19(15-5-3-2-4-6-15)16-11-13-22-14-12-16/h2-14,19,23H,1H3/t19-,20+/m1/s1. The van der Waals surface area contributed by atoms with Crippen LogP contribution >= 0.6 is 11.6 Å². The third-order valence-electron chi connectivity index (χ3n) is 4.16. The lowest BCUT2D eigenvalue weighted by Gasteiger charge is -2.34. The van der Waals surface area contributed by atoms with Crippen molar-refractivity contribution in [2.75, 3.05) is 0 Å². The molecule has 0 saturated heterocycles. The minimum absolute atomic E-state index is 0.201. The van der Waals surface area contributed by atoms with E-state index in [0.29, 0.717) is 5.02 Å². The molecule has 0 saturated carbocycles. The van der Waals surface area contributed by atoms with Gasteiger partial charge in [0.25, 0.3) is 0 Å². The van der Waals surface area contributed by atoms with Crippen molar-refractivity contribution in [3.05, 3.63) is 101 Å². The molecule has 1 heterocycles. The van der Waals surface area contributed by atoms with Crippen LogP contribution in [0.4, 0.5) is 0 Å². The summed E-state index contributed by atoms with van der Waals surface area (Å²) in [5.74, 6) is -0.201. The SMILES string of the molecule is C[C@](O)(c1ccc(Cl)cc1)[C@H](c1ccccc1)c1ccncc1. The van der Waals surface area contributed by atoms with Gasteiger partial charge < -0.3 is 5.11 Å². The third-order valence-corrected chi connectivity index (χ3v) is 4.42. The van der Waals surface area contributed by atoms with E-state index in [4.69, 9.17) is 11.6 Å². The summed E-state index contributed by atoms with van der Waals surface area (Å²) < 4.78 is 0. The molecule has 0 bridgehead atoms. The van der Waals surface area contributed by atoms with Crippen LogP contribution in [0.3, 0.4) is 0 Å². The lowest BCUT2D eigenvalue weighted by atomic mass is 9.75. The molecule has 2 atom stereocenters. The van der Waals surface area contributed by atoms with Crippen molar-refractivity contribution in [3.63, 3.8) is 0 Å². The van der Waals surface area contributed by atoms with Gasteiger partial charge in [0, 0.05) is 23.3 Å². The van der Waals surface area contributed by atoms with Gasteiger partial charge >= 0.3 is 0 Å². The molecule has 3 aromatic rings. The van der Waals surface area contributed by atoms with Crippen LogP contribution in [0.25, 0.3) is 0 Å². The Kier molecular flexibility index (Phi) is 4.46. The number of aliphatic hydroxyl groups is 1. The zero-order valence-corrected chi connectivity index (χ0v) is 13.6. The Morgan fingerprint density at radius 1 is 0.870 bits per heavy atom. The summed E-state index contributed by atoms with van der Waals surface area (Å²) in [6.07, 6.45) is 3.51. The molecule has 0 aliphatic carbocycles. The Bertz CT molecular complexity index is 715. The molecule has 1 aromatic heterocycles. The summed E-state index contributed by atoms with van der Waals surface area (Å²) in [6.45, 7) is 1.84. The van der Waals surface area contributed by atoms with E-state index in [9.17, 15) is 5.11 Å². The van der Waals surface area contributed by atoms with Gasteiger partial charge in [-0.2, -0.15) is 0 Å². The normalized spacial score (nSPS) is 14.9. The molecule has 2 aromatic carbocycles. The lowest BCUT2D eigenvalue weighted by Crippen LogP contribution is -2.31. The summed E-state index contributed by atoms with van der Waals surface area (Å²) in [7, 11) is 0. The minimum Gasteiger partial charge on any atom is -0.384 e.